The highest BCUT2D eigenvalue weighted by Crippen LogP contribution is 2.05. The number of hydrogen-bond donors (Lipinski definition) is 3. The van der Waals surface area contributed by atoms with Gasteiger partial charge in [0, 0.05) is 6.54 Å². The van der Waals surface area contributed by atoms with Crippen molar-refractivity contribution in [2.75, 3.05) is 13.1 Å². The summed E-state index contributed by atoms with van der Waals surface area (Å²) in [6, 6.07) is -1.43. The Hall–Kier alpha value is -1.30. The Labute approximate surface area is 95.2 Å². The van der Waals surface area contributed by atoms with Crippen molar-refractivity contribution in [2.45, 2.75) is 39.3 Å². The summed E-state index contributed by atoms with van der Waals surface area (Å²) < 4.78 is 0. The second-order valence-electron chi connectivity index (χ2n) is 4.34. The van der Waals surface area contributed by atoms with Crippen LogP contribution in [0.15, 0.2) is 0 Å². The van der Waals surface area contributed by atoms with Gasteiger partial charge in [-0.25, -0.2) is 4.79 Å². The molecular formula is C10H20N2O4. The van der Waals surface area contributed by atoms with Crippen LogP contribution >= 0.6 is 0 Å². The van der Waals surface area contributed by atoms with Crippen LogP contribution in [0.2, 0.25) is 0 Å². The minimum atomic E-state index is -1.09. The van der Waals surface area contributed by atoms with E-state index < -0.39 is 23.6 Å². The smallest absolute Gasteiger partial charge is 0.325 e. The quantitative estimate of drug-likeness (QED) is 0.634. The molecule has 0 aromatic carbocycles. The van der Waals surface area contributed by atoms with E-state index >= 15 is 0 Å². The molecule has 0 heterocycles. The summed E-state index contributed by atoms with van der Waals surface area (Å²) in [4.78, 5) is 23.5. The summed E-state index contributed by atoms with van der Waals surface area (Å²) in [6.45, 7) is 6.88. The van der Waals surface area contributed by atoms with E-state index in [1.54, 1.807) is 20.8 Å². The third kappa shape index (κ3) is 5.55. The molecule has 16 heavy (non-hydrogen) atoms. The first-order valence-electron chi connectivity index (χ1n) is 5.18. The number of amides is 2. The number of nitrogens with one attached hydrogen (secondary N) is 1. The first-order valence-corrected chi connectivity index (χ1v) is 5.18. The molecule has 0 spiro atoms. The monoisotopic (exact) mass is 232 g/mol. The largest absolute Gasteiger partial charge is 0.480 e. The molecule has 0 aromatic rings. The number of carbonyl (C=O) groups is 2. The second-order valence-corrected chi connectivity index (χ2v) is 4.34. The Morgan fingerprint density at radius 1 is 1.44 bits per heavy atom. The van der Waals surface area contributed by atoms with Crippen LogP contribution in [0.5, 0.6) is 0 Å². The van der Waals surface area contributed by atoms with E-state index in [1.165, 1.54) is 11.8 Å². The van der Waals surface area contributed by atoms with Gasteiger partial charge in [-0.2, -0.15) is 0 Å². The Bertz CT molecular complexity index is 260. The predicted octanol–water partition coefficient (Wildman–Crippen LogP) is 0.262. The van der Waals surface area contributed by atoms with Gasteiger partial charge in [0.05, 0.1) is 12.1 Å². The Kier molecular flexibility index (Phi) is 5.23. The molecule has 2 amide bonds. The molecule has 94 valence electrons. The molecule has 1 atom stereocenters. The van der Waals surface area contributed by atoms with Crippen molar-refractivity contribution in [3.05, 3.63) is 0 Å². The summed E-state index contributed by atoms with van der Waals surface area (Å²) in [5, 5.41) is 20.5. The van der Waals surface area contributed by atoms with Gasteiger partial charge in [-0.1, -0.05) is 0 Å². The van der Waals surface area contributed by atoms with Crippen molar-refractivity contribution in [3.63, 3.8) is 0 Å². The molecule has 0 saturated carbocycles. The van der Waals surface area contributed by atoms with E-state index in [0.717, 1.165) is 0 Å². The van der Waals surface area contributed by atoms with Crippen LogP contribution in [0.1, 0.15) is 27.7 Å². The standard InChI is InChI=1S/C10H20N2O4/c1-5-12(6-10(3,4)16)9(15)11-7(2)8(13)14/h7,16H,5-6H2,1-4H3,(H,11,15)(H,13,14)/t7-/m1/s1. The van der Waals surface area contributed by atoms with Crippen LogP contribution in [-0.2, 0) is 4.79 Å². The first-order chi connectivity index (χ1) is 7.17. The number of likely N-dealkylation sites (N-methyl/N-ethyl adjacent to an activating group) is 1. The molecule has 0 rings (SSSR count). The molecule has 6 heteroatoms. The zero-order chi connectivity index (χ0) is 12.9. The van der Waals surface area contributed by atoms with Crippen molar-refractivity contribution in [2.24, 2.45) is 0 Å². The number of urea groups is 1. The van der Waals surface area contributed by atoms with Gasteiger partial charge in [-0.05, 0) is 27.7 Å². The first kappa shape index (κ1) is 14.7. The van der Waals surface area contributed by atoms with Crippen molar-refractivity contribution in [1.29, 1.82) is 0 Å². The van der Waals surface area contributed by atoms with Gasteiger partial charge in [-0.3, -0.25) is 4.79 Å². The third-order valence-corrected chi connectivity index (χ3v) is 1.96. The highest BCUT2D eigenvalue weighted by Gasteiger charge is 2.23. The van der Waals surface area contributed by atoms with E-state index in [0.29, 0.717) is 6.54 Å². The number of carboxylic acid groups (broad SMARTS) is 1. The summed E-state index contributed by atoms with van der Waals surface area (Å²) >= 11 is 0. The van der Waals surface area contributed by atoms with Crippen molar-refractivity contribution >= 4 is 12.0 Å². The molecule has 3 N–H and O–H groups in total. The van der Waals surface area contributed by atoms with Crippen molar-refractivity contribution in [3.8, 4) is 0 Å². The zero-order valence-electron chi connectivity index (χ0n) is 10.1. The maximum Gasteiger partial charge on any atom is 0.325 e. The fourth-order valence-electron chi connectivity index (χ4n) is 1.13. The summed E-state index contributed by atoms with van der Waals surface area (Å²) in [5.41, 5.74) is -1.00. The number of carbonyl (C=O) groups excluding carboxylic acids is 1. The van der Waals surface area contributed by atoms with Crippen LogP contribution in [0, 0.1) is 0 Å². The third-order valence-electron chi connectivity index (χ3n) is 1.96. The summed E-state index contributed by atoms with van der Waals surface area (Å²) in [7, 11) is 0. The molecule has 0 bridgehead atoms. The van der Waals surface area contributed by atoms with E-state index in [1.807, 2.05) is 0 Å². The molecule has 0 radical (unpaired) electrons. The number of carboxylic acids is 1. The molecule has 0 aliphatic heterocycles. The Morgan fingerprint density at radius 3 is 2.25 bits per heavy atom. The minimum absolute atomic E-state index is 0.154. The van der Waals surface area contributed by atoms with E-state index in [9.17, 15) is 14.7 Å². The number of nitrogens with zero attached hydrogens (tertiary/aromatic N) is 1. The number of aliphatic hydroxyl groups is 1. The minimum Gasteiger partial charge on any atom is -0.480 e. The average Bonchev–Trinajstić information content (AvgIpc) is 2.12. The summed E-state index contributed by atoms with van der Waals surface area (Å²) in [6.07, 6.45) is 0. The molecule has 0 aromatic heterocycles. The number of aliphatic carboxylic acids is 1. The maximum absolute atomic E-state index is 11.6. The van der Waals surface area contributed by atoms with Gasteiger partial charge in [0.25, 0.3) is 0 Å². The molecule has 0 aliphatic rings. The second kappa shape index (κ2) is 5.69. The van der Waals surface area contributed by atoms with Crippen LogP contribution < -0.4 is 5.32 Å². The molecule has 0 fully saturated rings. The predicted molar refractivity (Wildman–Crippen MR) is 59.2 cm³/mol. The lowest BCUT2D eigenvalue weighted by Gasteiger charge is -2.28. The highest BCUT2D eigenvalue weighted by molar-refractivity contribution is 5.82. The van der Waals surface area contributed by atoms with Gasteiger partial charge in [0.2, 0.25) is 0 Å². The molecule has 0 unspecified atom stereocenters. The van der Waals surface area contributed by atoms with Gasteiger partial charge in [0.1, 0.15) is 6.04 Å². The van der Waals surface area contributed by atoms with Crippen molar-refractivity contribution in [1.82, 2.24) is 10.2 Å². The average molecular weight is 232 g/mol. The number of hydrogen-bond acceptors (Lipinski definition) is 3. The van der Waals surface area contributed by atoms with Gasteiger partial charge >= 0.3 is 12.0 Å². The molecule has 6 nitrogen and oxygen atoms in total. The normalized spacial score (nSPS) is 13.1. The lowest BCUT2D eigenvalue weighted by molar-refractivity contribution is -0.138. The molecule has 0 saturated heterocycles. The van der Waals surface area contributed by atoms with E-state index in [4.69, 9.17) is 5.11 Å². The number of rotatable bonds is 5. The fourth-order valence-corrected chi connectivity index (χ4v) is 1.13. The molecular weight excluding hydrogens is 212 g/mol. The lowest BCUT2D eigenvalue weighted by Crippen LogP contribution is -2.50. The van der Waals surface area contributed by atoms with E-state index in [-0.39, 0.29) is 6.54 Å². The van der Waals surface area contributed by atoms with Gasteiger partial charge in [-0.15, -0.1) is 0 Å². The van der Waals surface area contributed by atoms with Crippen molar-refractivity contribution < 1.29 is 19.8 Å². The zero-order valence-corrected chi connectivity index (χ0v) is 10.1. The summed E-state index contributed by atoms with van der Waals surface area (Å²) in [5.74, 6) is -1.09. The van der Waals surface area contributed by atoms with E-state index in [2.05, 4.69) is 5.32 Å². The lowest BCUT2D eigenvalue weighted by atomic mass is 10.1. The highest BCUT2D eigenvalue weighted by atomic mass is 16.4. The fraction of sp³-hybridized carbons (Fsp3) is 0.800. The van der Waals surface area contributed by atoms with Crippen LogP contribution in [-0.4, -0.2) is 51.8 Å². The van der Waals surface area contributed by atoms with Gasteiger partial charge in [0.15, 0.2) is 0 Å². The Morgan fingerprint density at radius 2 is 1.94 bits per heavy atom. The Balaban J connectivity index is 4.38. The SMILES string of the molecule is CCN(CC(C)(C)O)C(=O)N[C@H](C)C(=O)O. The molecule has 0 aliphatic carbocycles. The van der Waals surface area contributed by atoms with Crippen LogP contribution in [0.4, 0.5) is 4.79 Å². The van der Waals surface area contributed by atoms with Crippen LogP contribution in [0.3, 0.4) is 0 Å². The van der Waals surface area contributed by atoms with Gasteiger partial charge < -0.3 is 20.4 Å². The van der Waals surface area contributed by atoms with Crippen LogP contribution in [0.25, 0.3) is 0 Å². The maximum atomic E-state index is 11.6. The topological polar surface area (TPSA) is 89.9 Å².